The summed E-state index contributed by atoms with van der Waals surface area (Å²) in [6.45, 7) is 2.20. The van der Waals surface area contributed by atoms with Crippen molar-refractivity contribution in [3.63, 3.8) is 0 Å². The maximum atomic E-state index is 11.1. The van der Waals surface area contributed by atoms with Crippen molar-refractivity contribution in [1.82, 2.24) is 0 Å². The van der Waals surface area contributed by atoms with E-state index in [1.165, 1.54) is 12.1 Å². The predicted molar refractivity (Wildman–Crippen MR) is 71.7 cm³/mol. The molecule has 1 rings (SSSR count). The molecule has 7 heteroatoms. The molecule has 0 saturated carbocycles. The number of aliphatic hydroxyl groups is 1. The molecule has 0 aliphatic carbocycles. The molecular weight excluding hydrogens is 270 g/mol. The Bertz CT molecular complexity index is 515. The van der Waals surface area contributed by atoms with Crippen molar-refractivity contribution >= 4 is 10.1 Å². The van der Waals surface area contributed by atoms with Gasteiger partial charge in [0.05, 0.1) is 12.9 Å². The Labute approximate surface area is 113 Å². The maximum Gasteiger partial charge on any atom is 0.306 e. The molecule has 6 nitrogen and oxygen atoms in total. The minimum Gasteiger partial charge on any atom is -0.493 e. The summed E-state index contributed by atoms with van der Waals surface area (Å²) in [5, 5.41) is 8.90. The molecule has 108 valence electrons. The summed E-state index contributed by atoms with van der Waals surface area (Å²) in [7, 11) is -3.58. The van der Waals surface area contributed by atoms with E-state index >= 15 is 0 Å². The molecule has 1 unspecified atom stereocenters. The number of hydrogen-bond acceptors (Lipinski definition) is 6. The fourth-order valence-corrected chi connectivity index (χ4v) is 2.08. The van der Waals surface area contributed by atoms with Crippen LogP contribution < -0.4 is 14.7 Å². The van der Waals surface area contributed by atoms with Crippen LogP contribution in [0.5, 0.6) is 11.5 Å². The zero-order valence-electron chi connectivity index (χ0n) is 11.0. The van der Waals surface area contributed by atoms with Gasteiger partial charge >= 0.3 is 10.1 Å². The van der Waals surface area contributed by atoms with Crippen molar-refractivity contribution in [2.24, 2.45) is 5.73 Å². The lowest BCUT2D eigenvalue weighted by Crippen LogP contribution is -2.14. The van der Waals surface area contributed by atoms with Gasteiger partial charge in [0, 0.05) is 24.3 Å². The van der Waals surface area contributed by atoms with E-state index < -0.39 is 10.1 Å². The lowest BCUT2D eigenvalue weighted by molar-refractivity contribution is 0.273. The van der Waals surface area contributed by atoms with E-state index in [1.54, 1.807) is 6.07 Å². The normalized spacial score (nSPS) is 13.1. The van der Waals surface area contributed by atoms with Crippen LogP contribution in [-0.2, 0) is 10.1 Å². The smallest absolute Gasteiger partial charge is 0.306 e. The van der Waals surface area contributed by atoms with Crippen LogP contribution >= 0.6 is 0 Å². The van der Waals surface area contributed by atoms with Gasteiger partial charge in [-0.25, -0.2) is 0 Å². The first-order valence-electron chi connectivity index (χ1n) is 5.90. The molecule has 1 atom stereocenters. The van der Waals surface area contributed by atoms with Crippen molar-refractivity contribution in [1.29, 1.82) is 0 Å². The minimum absolute atomic E-state index is 0.0334. The zero-order chi connectivity index (χ0) is 14.5. The summed E-state index contributed by atoms with van der Waals surface area (Å²) in [6, 6.07) is 4.26. The van der Waals surface area contributed by atoms with E-state index in [1.807, 2.05) is 6.92 Å². The summed E-state index contributed by atoms with van der Waals surface area (Å²) in [6.07, 6.45) is 1.37. The Morgan fingerprint density at radius 2 is 2.11 bits per heavy atom. The third-order valence-electron chi connectivity index (χ3n) is 2.37. The van der Waals surface area contributed by atoms with Crippen LogP contribution in [0.4, 0.5) is 0 Å². The molecule has 0 spiro atoms. The van der Waals surface area contributed by atoms with Crippen LogP contribution in [0.1, 0.15) is 24.9 Å². The van der Waals surface area contributed by atoms with Crippen molar-refractivity contribution in [3.05, 3.63) is 23.8 Å². The van der Waals surface area contributed by atoms with Gasteiger partial charge in [-0.1, -0.05) is 6.07 Å². The zero-order valence-corrected chi connectivity index (χ0v) is 11.8. The number of ether oxygens (including phenoxy) is 1. The molecule has 0 aliphatic rings. The molecule has 0 saturated heterocycles. The molecule has 1 aromatic rings. The molecule has 0 bridgehead atoms. The van der Waals surface area contributed by atoms with Gasteiger partial charge in [0.1, 0.15) is 11.5 Å². The topological polar surface area (TPSA) is 98.9 Å². The molecular formula is C12H19NO5S. The Morgan fingerprint density at radius 3 is 2.63 bits per heavy atom. The maximum absolute atomic E-state index is 11.1. The molecule has 19 heavy (non-hydrogen) atoms. The van der Waals surface area contributed by atoms with Crippen LogP contribution in [0.15, 0.2) is 18.2 Å². The number of benzene rings is 1. The van der Waals surface area contributed by atoms with Crippen LogP contribution in [0.25, 0.3) is 0 Å². The molecule has 0 aromatic heterocycles. The second-order valence-corrected chi connectivity index (χ2v) is 5.61. The third-order valence-corrected chi connectivity index (χ3v) is 2.87. The molecule has 0 radical (unpaired) electrons. The Morgan fingerprint density at radius 1 is 1.42 bits per heavy atom. The van der Waals surface area contributed by atoms with Gasteiger partial charge in [-0.2, -0.15) is 8.42 Å². The van der Waals surface area contributed by atoms with Gasteiger partial charge in [-0.15, -0.1) is 0 Å². The average Bonchev–Trinajstić information content (AvgIpc) is 2.27. The highest BCUT2D eigenvalue weighted by atomic mass is 32.2. The highest BCUT2D eigenvalue weighted by Gasteiger charge is 2.14. The molecule has 0 amide bonds. The predicted octanol–water partition coefficient (Wildman–Crippen LogP) is 0.806. The third kappa shape index (κ3) is 5.06. The van der Waals surface area contributed by atoms with Crippen molar-refractivity contribution in [2.75, 3.05) is 19.5 Å². The number of hydrogen-bond donors (Lipinski definition) is 2. The Hall–Kier alpha value is -1.31. The van der Waals surface area contributed by atoms with Crippen LogP contribution in [0, 0.1) is 0 Å². The largest absolute Gasteiger partial charge is 0.493 e. The van der Waals surface area contributed by atoms with E-state index in [4.69, 9.17) is 19.8 Å². The van der Waals surface area contributed by atoms with Gasteiger partial charge in [-0.05, 0) is 19.4 Å². The first kappa shape index (κ1) is 15.7. The minimum atomic E-state index is -3.58. The quantitative estimate of drug-likeness (QED) is 0.721. The summed E-state index contributed by atoms with van der Waals surface area (Å²) in [5.74, 6) is 0.635. The fourth-order valence-electron chi connectivity index (χ4n) is 1.62. The van der Waals surface area contributed by atoms with Gasteiger partial charge in [-0.3, -0.25) is 0 Å². The Balaban J connectivity index is 3.06. The van der Waals surface area contributed by atoms with E-state index in [9.17, 15) is 8.42 Å². The van der Waals surface area contributed by atoms with Gasteiger partial charge in [0.15, 0.2) is 0 Å². The second kappa shape index (κ2) is 6.74. The molecule has 0 aliphatic heterocycles. The Kier molecular flexibility index (Phi) is 5.59. The van der Waals surface area contributed by atoms with E-state index in [0.29, 0.717) is 24.3 Å². The first-order chi connectivity index (χ1) is 8.87. The summed E-state index contributed by atoms with van der Waals surface area (Å²) >= 11 is 0. The number of aliphatic hydroxyl groups excluding tert-OH is 1. The molecule has 1 aromatic carbocycles. The molecule has 0 heterocycles. The average molecular weight is 289 g/mol. The monoisotopic (exact) mass is 289 g/mol. The van der Waals surface area contributed by atoms with Gasteiger partial charge < -0.3 is 19.8 Å². The SMILES string of the molecule is CCOc1cc(OS(C)(=O)=O)ccc1C(N)CCO. The summed E-state index contributed by atoms with van der Waals surface area (Å²) < 4.78 is 32.3. The van der Waals surface area contributed by atoms with Crippen LogP contribution in [-0.4, -0.2) is 33.0 Å². The van der Waals surface area contributed by atoms with Crippen LogP contribution in [0.3, 0.4) is 0 Å². The first-order valence-corrected chi connectivity index (χ1v) is 7.71. The fraction of sp³-hybridized carbons (Fsp3) is 0.500. The van der Waals surface area contributed by atoms with Crippen molar-refractivity contribution in [3.8, 4) is 11.5 Å². The molecule has 0 fully saturated rings. The van der Waals surface area contributed by atoms with Gasteiger partial charge in [0.25, 0.3) is 0 Å². The lowest BCUT2D eigenvalue weighted by atomic mass is 10.0. The standard InChI is InChI=1S/C12H19NO5S/c1-3-17-12-8-9(18-19(2,15)16)4-5-10(12)11(13)6-7-14/h4-5,8,11,14H,3,6-7,13H2,1-2H3. The lowest BCUT2D eigenvalue weighted by Gasteiger charge is -2.16. The number of nitrogens with two attached hydrogens (primary N) is 1. The number of rotatable bonds is 7. The van der Waals surface area contributed by atoms with Crippen molar-refractivity contribution in [2.45, 2.75) is 19.4 Å². The highest BCUT2D eigenvalue weighted by Crippen LogP contribution is 2.30. The summed E-state index contributed by atoms with van der Waals surface area (Å²) in [4.78, 5) is 0. The highest BCUT2D eigenvalue weighted by molar-refractivity contribution is 7.86. The van der Waals surface area contributed by atoms with E-state index in [0.717, 1.165) is 6.26 Å². The second-order valence-electron chi connectivity index (χ2n) is 4.04. The van der Waals surface area contributed by atoms with E-state index in [-0.39, 0.29) is 18.4 Å². The molecule has 3 N–H and O–H groups in total. The van der Waals surface area contributed by atoms with Crippen LogP contribution in [0.2, 0.25) is 0 Å². The summed E-state index contributed by atoms with van der Waals surface area (Å²) in [5.41, 5.74) is 6.62. The van der Waals surface area contributed by atoms with Crippen molar-refractivity contribution < 1.29 is 22.4 Å². The van der Waals surface area contributed by atoms with E-state index in [2.05, 4.69) is 0 Å². The van der Waals surface area contributed by atoms with Gasteiger partial charge in [0.2, 0.25) is 0 Å².